The molecule has 0 unspecified atom stereocenters. The maximum atomic E-state index is 13.4. The summed E-state index contributed by atoms with van der Waals surface area (Å²) in [6, 6.07) is -0.247. The first kappa shape index (κ1) is 22.2. The third-order valence-corrected chi connectivity index (χ3v) is 3.54. The summed E-state index contributed by atoms with van der Waals surface area (Å²) in [5, 5.41) is 12.7. The molecule has 10 heteroatoms. The van der Waals surface area contributed by atoms with Gasteiger partial charge < -0.3 is 10.4 Å². The highest BCUT2D eigenvalue weighted by Gasteiger charge is 2.39. The largest absolute Gasteiger partial charge is 0.505 e. The van der Waals surface area contributed by atoms with E-state index in [9.17, 15) is 27.1 Å². The van der Waals surface area contributed by atoms with E-state index in [2.05, 4.69) is 5.32 Å². The van der Waals surface area contributed by atoms with E-state index in [1.54, 1.807) is 0 Å². The first-order valence-electron chi connectivity index (χ1n) is 6.45. The van der Waals surface area contributed by atoms with E-state index < -0.39 is 41.6 Å². The Kier molecular flexibility index (Phi) is 8.54. The minimum Gasteiger partial charge on any atom is -0.505 e. The van der Waals surface area contributed by atoms with Crippen LogP contribution in [0.15, 0.2) is 12.1 Å². The summed E-state index contributed by atoms with van der Waals surface area (Å²) in [6.07, 6.45) is -4.79. The molecule has 0 spiro atoms. The van der Waals surface area contributed by atoms with Gasteiger partial charge in [0.2, 0.25) is 0 Å². The van der Waals surface area contributed by atoms with E-state index in [-0.39, 0.29) is 24.8 Å². The molecule has 2 N–H and O–H groups in total. The number of halogens is 7. The van der Waals surface area contributed by atoms with Gasteiger partial charge in [0.1, 0.15) is 6.67 Å². The lowest BCUT2D eigenvalue weighted by molar-refractivity contribution is -0.139. The Bertz CT molecular complexity index is 510. The summed E-state index contributed by atoms with van der Waals surface area (Å²) >= 11 is 0. The van der Waals surface area contributed by atoms with Gasteiger partial charge in [0.15, 0.2) is 11.6 Å². The molecule has 1 saturated heterocycles. The first-order valence-corrected chi connectivity index (χ1v) is 6.45. The summed E-state index contributed by atoms with van der Waals surface area (Å²) in [5.41, 5.74) is -1.94. The Hall–Kier alpha value is -0.830. The number of piperazine rings is 1. The molecule has 0 amide bonds. The zero-order chi connectivity index (χ0) is 15.6. The molecule has 1 aromatic carbocycles. The van der Waals surface area contributed by atoms with Gasteiger partial charge >= 0.3 is 6.18 Å². The van der Waals surface area contributed by atoms with Crippen molar-refractivity contribution in [2.45, 2.75) is 12.2 Å². The van der Waals surface area contributed by atoms with Crippen LogP contribution in [0.25, 0.3) is 0 Å². The van der Waals surface area contributed by atoms with Gasteiger partial charge in [-0.1, -0.05) is 0 Å². The molecule has 1 aliphatic rings. The smallest absolute Gasteiger partial charge is 0.416 e. The second-order valence-corrected chi connectivity index (χ2v) is 4.81. The zero-order valence-electron chi connectivity index (χ0n) is 11.9. The van der Waals surface area contributed by atoms with E-state index in [1.807, 2.05) is 0 Å². The molecule has 1 aliphatic heterocycles. The van der Waals surface area contributed by atoms with Gasteiger partial charge in [0, 0.05) is 31.7 Å². The summed E-state index contributed by atoms with van der Waals surface area (Å²) in [6.45, 7) is 0.492. The predicted octanol–water partition coefficient (Wildman–Crippen LogP) is 3.31. The highest BCUT2D eigenvalue weighted by molar-refractivity contribution is 5.85. The Morgan fingerprint density at radius 3 is 2.22 bits per heavy atom. The van der Waals surface area contributed by atoms with Gasteiger partial charge in [-0.3, -0.25) is 4.90 Å². The number of nitrogens with zero attached hydrogens (tertiary/aromatic N) is 1. The molecule has 0 aromatic heterocycles. The van der Waals surface area contributed by atoms with Crippen LogP contribution in [-0.4, -0.2) is 42.9 Å². The van der Waals surface area contributed by atoms with Crippen LogP contribution in [0.2, 0.25) is 0 Å². The van der Waals surface area contributed by atoms with Gasteiger partial charge in [-0.25, -0.2) is 8.78 Å². The fourth-order valence-corrected chi connectivity index (χ4v) is 2.52. The van der Waals surface area contributed by atoms with Crippen molar-refractivity contribution >= 4 is 24.8 Å². The first-order chi connectivity index (χ1) is 9.86. The van der Waals surface area contributed by atoms with Crippen molar-refractivity contribution in [1.82, 2.24) is 10.2 Å². The van der Waals surface area contributed by atoms with Crippen LogP contribution in [0.3, 0.4) is 0 Å². The van der Waals surface area contributed by atoms with Gasteiger partial charge in [-0.15, -0.1) is 24.8 Å². The SMILES string of the molecule is Cl.Cl.Oc1c(F)ccc(C(F)(F)F)c1[C@@H](CF)N1CCNCC1. The molecular formula is C13H17Cl2F5N2O. The summed E-state index contributed by atoms with van der Waals surface area (Å²) in [5.74, 6) is -2.32. The second-order valence-electron chi connectivity index (χ2n) is 4.81. The van der Waals surface area contributed by atoms with Crippen LogP contribution in [-0.2, 0) is 6.18 Å². The summed E-state index contributed by atoms with van der Waals surface area (Å²) in [4.78, 5) is 1.47. The van der Waals surface area contributed by atoms with Crippen molar-refractivity contribution in [3.8, 4) is 5.75 Å². The topological polar surface area (TPSA) is 35.5 Å². The molecule has 0 aliphatic carbocycles. The highest BCUT2D eigenvalue weighted by Crippen LogP contribution is 2.42. The molecule has 134 valence electrons. The van der Waals surface area contributed by atoms with Crippen LogP contribution in [0.4, 0.5) is 22.0 Å². The fourth-order valence-electron chi connectivity index (χ4n) is 2.52. The molecule has 0 bridgehead atoms. The molecule has 1 fully saturated rings. The molecular weight excluding hydrogens is 366 g/mol. The molecule has 3 nitrogen and oxygen atoms in total. The van der Waals surface area contributed by atoms with Crippen molar-refractivity contribution in [3.05, 3.63) is 29.1 Å². The van der Waals surface area contributed by atoms with Crippen molar-refractivity contribution in [3.63, 3.8) is 0 Å². The zero-order valence-corrected chi connectivity index (χ0v) is 13.5. The Morgan fingerprint density at radius 2 is 1.74 bits per heavy atom. The van der Waals surface area contributed by atoms with Gasteiger partial charge in [0.05, 0.1) is 11.6 Å². The number of alkyl halides is 4. The monoisotopic (exact) mass is 382 g/mol. The molecule has 1 atom stereocenters. The molecule has 0 saturated carbocycles. The minimum absolute atomic E-state index is 0. The standard InChI is InChI=1S/C13H15F5N2O.2ClH/c14-7-10(20-5-3-19-4-6-20)11-8(13(16,17)18)1-2-9(15)12(11)21;;/h1-2,10,19,21H,3-7H2;2*1H/t10-;;/m1../s1. The lowest BCUT2D eigenvalue weighted by atomic mass is 9.97. The van der Waals surface area contributed by atoms with Crippen molar-refractivity contribution in [2.75, 3.05) is 32.9 Å². The van der Waals surface area contributed by atoms with Crippen molar-refractivity contribution in [1.29, 1.82) is 0 Å². The number of aromatic hydroxyl groups is 1. The highest BCUT2D eigenvalue weighted by atomic mass is 35.5. The number of hydrogen-bond acceptors (Lipinski definition) is 3. The molecule has 23 heavy (non-hydrogen) atoms. The van der Waals surface area contributed by atoms with Crippen LogP contribution in [0.1, 0.15) is 17.2 Å². The Balaban J connectivity index is 0.00000242. The maximum Gasteiger partial charge on any atom is 0.416 e. The van der Waals surface area contributed by atoms with Crippen molar-refractivity contribution in [2.24, 2.45) is 0 Å². The van der Waals surface area contributed by atoms with Gasteiger partial charge in [0.25, 0.3) is 0 Å². The normalized spacial score (nSPS) is 17.1. The van der Waals surface area contributed by atoms with E-state index in [0.29, 0.717) is 38.3 Å². The number of nitrogens with one attached hydrogen (secondary N) is 1. The van der Waals surface area contributed by atoms with E-state index >= 15 is 0 Å². The average Bonchev–Trinajstić information content (AvgIpc) is 2.44. The van der Waals surface area contributed by atoms with Crippen LogP contribution >= 0.6 is 24.8 Å². The lowest BCUT2D eigenvalue weighted by Gasteiger charge is -2.35. The lowest BCUT2D eigenvalue weighted by Crippen LogP contribution is -2.46. The van der Waals surface area contributed by atoms with Gasteiger partial charge in [-0.05, 0) is 12.1 Å². The minimum atomic E-state index is -4.79. The maximum absolute atomic E-state index is 13.4. The van der Waals surface area contributed by atoms with E-state index in [4.69, 9.17) is 0 Å². The third kappa shape index (κ3) is 4.82. The summed E-state index contributed by atoms with van der Waals surface area (Å²) < 4.78 is 65.9. The molecule has 1 heterocycles. The molecule has 2 rings (SSSR count). The van der Waals surface area contributed by atoms with Gasteiger partial charge in [-0.2, -0.15) is 13.2 Å². The molecule has 1 aromatic rings. The number of rotatable bonds is 3. The third-order valence-electron chi connectivity index (χ3n) is 3.54. The fraction of sp³-hybridized carbons (Fsp3) is 0.538. The van der Waals surface area contributed by atoms with Crippen LogP contribution < -0.4 is 5.32 Å². The van der Waals surface area contributed by atoms with E-state index in [1.165, 1.54) is 4.90 Å². The number of hydrogen-bond donors (Lipinski definition) is 2. The Morgan fingerprint density at radius 1 is 1.17 bits per heavy atom. The Labute approximate surface area is 142 Å². The quantitative estimate of drug-likeness (QED) is 0.787. The number of phenols is 1. The van der Waals surface area contributed by atoms with Crippen LogP contribution in [0.5, 0.6) is 5.75 Å². The predicted molar refractivity (Wildman–Crippen MR) is 80.7 cm³/mol. The second kappa shape index (κ2) is 8.86. The molecule has 0 radical (unpaired) electrons. The number of phenolic OH excluding ortho intramolecular Hbond substituents is 1. The average molecular weight is 383 g/mol. The van der Waals surface area contributed by atoms with E-state index in [0.717, 1.165) is 0 Å². The van der Waals surface area contributed by atoms with Crippen LogP contribution in [0, 0.1) is 5.82 Å². The van der Waals surface area contributed by atoms with Crippen molar-refractivity contribution < 1.29 is 27.1 Å². The summed E-state index contributed by atoms with van der Waals surface area (Å²) in [7, 11) is 0. The number of benzene rings is 1.